The van der Waals surface area contributed by atoms with Gasteiger partial charge in [0.25, 0.3) is 5.91 Å². The second kappa shape index (κ2) is 7.84. The first kappa shape index (κ1) is 16.3. The van der Waals surface area contributed by atoms with E-state index in [4.69, 9.17) is 9.26 Å². The summed E-state index contributed by atoms with van der Waals surface area (Å²) in [6, 6.07) is 18.5. The first-order valence-corrected chi connectivity index (χ1v) is 7.69. The lowest BCUT2D eigenvalue weighted by atomic mass is 10.1. The maximum Gasteiger partial charge on any atom is 0.274 e. The summed E-state index contributed by atoms with van der Waals surface area (Å²) in [5.41, 5.74) is 1.95. The van der Waals surface area contributed by atoms with E-state index >= 15 is 0 Å². The number of amides is 1. The summed E-state index contributed by atoms with van der Waals surface area (Å²) in [5.74, 6) is 6.87. The SMILES string of the molecule is COc1ccc(C#CCNC(=O)c2cc(-c3ccccc3)on2)cc1. The fourth-order valence-electron chi connectivity index (χ4n) is 2.16. The molecule has 0 radical (unpaired) electrons. The first-order valence-electron chi connectivity index (χ1n) is 7.69. The van der Waals surface area contributed by atoms with Crippen LogP contribution in [0.2, 0.25) is 0 Å². The highest BCUT2D eigenvalue weighted by atomic mass is 16.5. The van der Waals surface area contributed by atoms with Crippen molar-refractivity contribution in [2.24, 2.45) is 0 Å². The van der Waals surface area contributed by atoms with E-state index in [-0.39, 0.29) is 18.1 Å². The Morgan fingerprint density at radius 2 is 1.92 bits per heavy atom. The van der Waals surface area contributed by atoms with Crippen LogP contribution in [-0.2, 0) is 0 Å². The second-order valence-electron chi connectivity index (χ2n) is 5.16. The van der Waals surface area contributed by atoms with Crippen LogP contribution in [0.15, 0.2) is 65.2 Å². The van der Waals surface area contributed by atoms with Crippen molar-refractivity contribution in [1.29, 1.82) is 0 Å². The van der Waals surface area contributed by atoms with Gasteiger partial charge in [0.15, 0.2) is 11.5 Å². The molecule has 25 heavy (non-hydrogen) atoms. The molecule has 0 saturated carbocycles. The molecule has 3 rings (SSSR count). The van der Waals surface area contributed by atoms with Gasteiger partial charge in [-0.1, -0.05) is 47.3 Å². The summed E-state index contributed by atoms with van der Waals surface area (Å²) >= 11 is 0. The van der Waals surface area contributed by atoms with Crippen molar-refractivity contribution in [3.05, 3.63) is 71.9 Å². The monoisotopic (exact) mass is 332 g/mol. The van der Waals surface area contributed by atoms with E-state index in [1.165, 1.54) is 0 Å². The van der Waals surface area contributed by atoms with E-state index in [0.717, 1.165) is 16.9 Å². The lowest BCUT2D eigenvalue weighted by Crippen LogP contribution is -2.23. The van der Waals surface area contributed by atoms with Crippen LogP contribution in [0.5, 0.6) is 5.75 Å². The molecule has 1 heterocycles. The van der Waals surface area contributed by atoms with Crippen molar-refractivity contribution in [2.45, 2.75) is 0 Å². The zero-order valence-electron chi connectivity index (χ0n) is 13.7. The number of methoxy groups -OCH3 is 1. The van der Waals surface area contributed by atoms with Gasteiger partial charge in [-0.2, -0.15) is 0 Å². The van der Waals surface area contributed by atoms with Gasteiger partial charge in [-0.25, -0.2) is 0 Å². The van der Waals surface area contributed by atoms with E-state index in [1.807, 2.05) is 54.6 Å². The summed E-state index contributed by atoms with van der Waals surface area (Å²) in [7, 11) is 1.61. The van der Waals surface area contributed by atoms with Crippen molar-refractivity contribution >= 4 is 5.91 Å². The van der Waals surface area contributed by atoms with Crippen LogP contribution in [-0.4, -0.2) is 24.7 Å². The number of carbonyl (C=O) groups is 1. The van der Waals surface area contributed by atoms with E-state index in [1.54, 1.807) is 13.2 Å². The van der Waals surface area contributed by atoms with Crippen LogP contribution >= 0.6 is 0 Å². The van der Waals surface area contributed by atoms with Crippen LogP contribution in [0.1, 0.15) is 16.1 Å². The Balaban J connectivity index is 1.56. The van der Waals surface area contributed by atoms with E-state index < -0.39 is 0 Å². The Morgan fingerprint density at radius 3 is 2.64 bits per heavy atom. The van der Waals surface area contributed by atoms with E-state index in [0.29, 0.717) is 5.76 Å². The number of aromatic nitrogens is 1. The third-order valence-corrected chi connectivity index (χ3v) is 3.46. The van der Waals surface area contributed by atoms with Crippen LogP contribution in [0.3, 0.4) is 0 Å². The zero-order chi connectivity index (χ0) is 17.5. The number of nitrogens with one attached hydrogen (secondary N) is 1. The second-order valence-corrected chi connectivity index (χ2v) is 5.16. The molecule has 0 fully saturated rings. The Bertz CT molecular complexity index is 903. The molecule has 0 spiro atoms. The molecular weight excluding hydrogens is 316 g/mol. The van der Waals surface area contributed by atoms with Gasteiger partial charge < -0.3 is 14.6 Å². The summed E-state index contributed by atoms with van der Waals surface area (Å²) in [6.07, 6.45) is 0. The number of rotatable bonds is 4. The molecule has 1 aromatic heterocycles. The van der Waals surface area contributed by atoms with Gasteiger partial charge in [-0.05, 0) is 24.3 Å². The quantitative estimate of drug-likeness (QED) is 0.746. The van der Waals surface area contributed by atoms with Crippen molar-refractivity contribution < 1.29 is 14.1 Å². The third-order valence-electron chi connectivity index (χ3n) is 3.46. The minimum atomic E-state index is -0.324. The number of ether oxygens (including phenoxy) is 1. The minimum Gasteiger partial charge on any atom is -0.497 e. The normalized spacial score (nSPS) is 9.80. The third kappa shape index (κ3) is 4.27. The Hall–Kier alpha value is -3.52. The van der Waals surface area contributed by atoms with Gasteiger partial charge in [0.05, 0.1) is 13.7 Å². The van der Waals surface area contributed by atoms with Gasteiger partial charge in [0, 0.05) is 17.2 Å². The number of nitrogens with zero attached hydrogens (tertiary/aromatic N) is 1. The lowest BCUT2D eigenvalue weighted by Gasteiger charge is -1.98. The molecule has 124 valence electrons. The Labute approximate surface area is 145 Å². The summed E-state index contributed by atoms with van der Waals surface area (Å²) in [6.45, 7) is 0.221. The topological polar surface area (TPSA) is 64.4 Å². The molecule has 5 heteroatoms. The maximum atomic E-state index is 12.1. The first-order chi connectivity index (χ1) is 12.3. The summed E-state index contributed by atoms with van der Waals surface area (Å²) < 4.78 is 10.3. The van der Waals surface area contributed by atoms with Gasteiger partial charge in [-0.15, -0.1) is 0 Å². The average Bonchev–Trinajstić information content (AvgIpc) is 3.16. The molecule has 0 unspecified atom stereocenters. The number of carbonyl (C=O) groups excluding carboxylic acids is 1. The van der Waals surface area contributed by atoms with Crippen LogP contribution in [0, 0.1) is 11.8 Å². The van der Waals surface area contributed by atoms with Gasteiger partial charge in [0.2, 0.25) is 0 Å². The number of hydrogen-bond donors (Lipinski definition) is 1. The van der Waals surface area contributed by atoms with Crippen molar-refractivity contribution in [1.82, 2.24) is 10.5 Å². The summed E-state index contributed by atoms with van der Waals surface area (Å²) in [5, 5.41) is 6.50. The van der Waals surface area contributed by atoms with Crippen molar-refractivity contribution in [3.8, 4) is 28.9 Å². The molecule has 5 nitrogen and oxygen atoms in total. The zero-order valence-corrected chi connectivity index (χ0v) is 13.7. The molecule has 0 atom stereocenters. The molecule has 1 amide bonds. The van der Waals surface area contributed by atoms with Crippen molar-refractivity contribution in [3.63, 3.8) is 0 Å². The molecule has 0 aliphatic heterocycles. The van der Waals surface area contributed by atoms with Crippen molar-refractivity contribution in [2.75, 3.05) is 13.7 Å². The average molecular weight is 332 g/mol. The number of benzene rings is 2. The summed E-state index contributed by atoms with van der Waals surface area (Å²) in [4.78, 5) is 12.1. The van der Waals surface area contributed by atoms with Gasteiger partial charge in [-0.3, -0.25) is 4.79 Å². The smallest absolute Gasteiger partial charge is 0.274 e. The highest BCUT2D eigenvalue weighted by molar-refractivity contribution is 5.93. The molecule has 0 aliphatic carbocycles. The predicted molar refractivity (Wildman–Crippen MR) is 94.1 cm³/mol. The van der Waals surface area contributed by atoms with Crippen LogP contribution in [0.4, 0.5) is 0 Å². The Morgan fingerprint density at radius 1 is 1.16 bits per heavy atom. The molecule has 0 aliphatic rings. The number of hydrogen-bond acceptors (Lipinski definition) is 4. The fraction of sp³-hybridized carbons (Fsp3) is 0.100. The Kier molecular flexibility index (Phi) is 5.13. The highest BCUT2D eigenvalue weighted by Crippen LogP contribution is 2.19. The molecule has 0 saturated heterocycles. The predicted octanol–water partition coefficient (Wildman–Crippen LogP) is 3.13. The molecule has 3 aromatic rings. The standard InChI is InChI=1S/C20H16N2O3/c1-24-17-11-9-15(10-12-17)6-5-13-21-20(23)18-14-19(25-22-18)16-7-3-2-4-8-16/h2-4,7-12,14H,13H2,1H3,(H,21,23). The maximum absolute atomic E-state index is 12.1. The largest absolute Gasteiger partial charge is 0.497 e. The fourth-order valence-corrected chi connectivity index (χ4v) is 2.16. The van der Waals surface area contributed by atoms with Gasteiger partial charge in [0.1, 0.15) is 5.75 Å². The molecule has 1 N–H and O–H groups in total. The highest BCUT2D eigenvalue weighted by Gasteiger charge is 2.12. The van der Waals surface area contributed by atoms with Crippen LogP contribution < -0.4 is 10.1 Å². The van der Waals surface area contributed by atoms with E-state index in [9.17, 15) is 4.79 Å². The lowest BCUT2D eigenvalue weighted by molar-refractivity contribution is 0.0950. The molecular formula is C20H16N2O3. The van der Waals surface area contributed by atoms with Crippen LogP contribution in [0.25, 0.3) is 11.3 Å². The van der Waals surface area contributed by atoms with E-state index in [2.05, 4.69) is 22.3 Å². The minimum absolute atomic E-state index is 0.221. The molecule has 0 bridgehead atoms. The molecule has 2 aromatic carbocycles. The van der Waals surface area contributed by atoms with Gasteiger partial charge >= 0.3 is 0 Å².